The lowest BCUT2D eigenvalue weighted by Crippen LogP contribution is -2.35. The second-order valence-electron chi connectivity index (χ2n) is 5.93. The average molecular weight is 258 g/mol. The summed E-state index contributed by atoms with van der Waals surface area (Å²) < 4.78 is 2.23. The van der Waals surface area contributed by atoms with Crippen LogP contribution in [0.4, 0.5) is 0 Å². The molecule has 0 bridgehead atoms. The summed E-state index contributed by atoms with van der Waals surface area (Å²) in [4.78, 5) is 11.7. The zero-order valence-corrected chi connectivity index (χ0v) is 11.9. The molecule has 0 aliphatic carbocycles. The minimum atomic E-state index is -0.305. The Morgan fingerprint density at radius 2 is 1.95 bits per heavy atom. The summed E-state index contributed by atoms with van der Waals surface area (Å²) in [5.74, 6) is 0.116. The fourth-order valence-corrected chi connectivity index (χ4v) is 2.05. The van der Waals surface area contributed by atoms with Crippen molar-refractivity contribution in [1.29, 1.82) is 0 Å². The van der Waals surface area contributed by atoms with Gasteiger partial charge in [0.25, 0.3) is 0 Å². The van der Waals surface area contributed by atoms with Crippen LogP contribution in [0, 0.1) is 5.41 Å². The van der Waals surface area contributed by atoms with E-state index in [1.54, 1.807) is 0 Å². The monoisotopic (exact) mass is 258 g/mol. The van der Waals surface area contributed by atoms with Gasteiger partial charge in [-0.15, -0.1) is 0 Å². The smallest absolute Gasteiger partial charge is 0.225 e. The Balaban J connectivity index is 1.85. The number of carbonyl (C=O) groups excluding carboxylic acids is 1. The molecular weight excluding hydrogens is 236 g/mol. The molecule has 0 saturated carbocycles. The first kappa shape index (κ1) is 13.7. The third kappa shape index (κ3) is 3.37. The maximum absolute atomic E-state index is 11.7. The Labute approximate surface area is 114 Å². The van der Waals surface area contributed by atoms with Gasteiger partial charge in [-0.25, -0.2) is 0 Å². The Morgan fingerprint density at radius 3 is 2.68 bits per heavy atom. The van der Waals surface area contributed by atoms with E-state index in [9.17, 15) is 4.79 Å². The van der Waals surface area contributed by atoms with E-state index in [0.717, 1.165) is 19.5 Å². The molecule has 1 amide bonds. The average Bonchev–Trinajstić information content (AvgIpc) is 2.76. The summed E-state index contributed by atoms with van der Waals surface area (Å²) in [6.45, 7) is 7.45. The van der Waals surface area contributed by atoms with E-state index in [1.807, 2.05) is 20.8 Å². The van der Waals surface area contributed by atoms with Crippen LogP contribution < -0.4 is 5.32 Å². The number of fused-ring (bicyclic) bond motifs is 1. The quantitative estimate of drug-likeness (QED) is 0.840. The highest BCUT2D eigenvalue weighted by Crippen LogP contribution is 2.15. The summed E-state index contributed by atoms with van der Waals surface area (Å²) in [5, 5.41) is 4.25. The zero-order valence-electron chi connectivity index (χ0n) is 11.9. The van der Waals surface area contributed by atoms with Gasteiger partial charge in [-0.2, -0.15) is 0 Å². The Morgan fingerprint density at radius 1 is 1.21 bits per heavy atom. The van der Waals surface area contributed by atoms with E-state index in [0.29, 0.717) is 0 Å². The van der Waals surface area contributed by atoms with Gasteiger partial charge in [0.05, 0.1) is 0 Å². The molecule has 0 fully saturated rings. The number of nitrogens with zero attached hydrogens (tertiary/aromatic N) is 1. The van der Waals surface area contributed by atoms with Crippen molar-refractivity contribution >= 4 is 16.8 Å². The molecule has 0 unspecified atom stereocenters. The predicted octanol–water partition coefficient (Wildman–Crippen LogP) is 3.19. The molecule has 19 heavy (non-hydrogen) atoms. The molecule has 0 saturated heterocycles. The number of nitrogens with one attached hydrogen (secondary N) is 1. The molecule has 0 aliphatic rings. The highest BCUT2D eigenvalue weighted by molar-refractivity contribution is 5.81. The van der Waals surface area contributed by atoms with Crippen LogP contribution >= 0.6 is 0 Å². The van der Waals surface area contributed by atoms with E-state index in [1.165, 1.54) is 10.9 Å². The van der Waals surface area contributed by atoms with Crippen LogP contribution in [-0.2, 0) is 11.3 Å². The van der Waals surface area contributed by atoms with Crippen molar-refractivity contribution in [2.45, 2.75) is 33.7 Å². The van der Waals surface area contributed by atoms with Gasteiger partial charge in [0.15, 0.2) is 0 Å². The molecule has 1 N–H and O–H groups in total. The fourth-order valence-electron chi connectivity index (χ4n) is 2.05. The number of rotatable bonds is 4. The van der Waals surface area contributed by atoms with Crippen LogP contribution in [0.3, 0.4) is 0 Å². The number of carbonyl (C=O) groups is 1. The van der Waals surface area contributed by atoms with Gasteiger partial charge in [-0.05, 0) is 23.9 Å². The molecule has 0 aliphatic heterocycles. The molecule has 102 valence electrons. The molecule has 0 radical (unpaired) electrons. The van der Waals surface area contributed by atoms with Crippen molar-refractivity contribution in [3.63, 3.8) is 0 Å². The highest BCUT2D eigenvalue weighted by Gasteiger charge is 2.20. The SMILES string of the molecule is CC(C)(C)C(=O)NCCCn1ccc2ccccc21. The minimum Gasteiger partial charge on any atom is -0.356 e. The van der Waals surface area contributed by atoms with Gasteiger partial charge in [0, 0.05) is 30.2 Å². The van der Waals surface area contributed by atoms with E-state index in [-0.39, 0.29) is 11.3 Å². The largest absolute Gasteiger partial charge is 0.356 e. The number of amides is 1. The third-order valence-corrected chi connectivity index (χ3v) is 3.22. The van der Waals surface area contributed by atoms with E-state index in [4.69, 9.17) is 0 Å². The van der Waals surface area contributed by atoms with Crippen molar-refractivity contribution in [2.75, 3.05) is 6.54 Å². The Hall–Kier alpha value is -1.77. The lowest BCUT2D eigenvalue weighted by Gasteiger charge is -2.17. The first-order valence-corrected chi connectivity index (χ1v) is 6.81. The molecule has 1 aromatic carbocycles. The summed E-state index contributed by atoms with van der Waals surface area (Å²) in [6, 6.07) is 10.5. The van der Waals surface area contributed by atoms with Gasteiger partial charge < -0.3 is 9.88 Å². The zero-order chi connectivity index (χ0) is 13.9. The number of benzene rings is 1. The van der Waals surface area contributed by atoms with Crippen molar-refractivity contribution in [3.8, 4) is 0 Å². The van der Waals surface area contributed by atoms with Crippen LogP contribution in [0.2, 0.25) is 0 Å². The summed E-state index contributed by atoms with van der Waals surface area (Å²) >= 11 is 0. The molecule has 0 spiro atoms. The third-order valence-electron chi connectivity index (χ3n) is 3.22. The van der Waals surface area contributed by atoms with Crippen molar-refractivity contribution in [2.24, 2.45) is 5.41 Å². The van der Waals surface area contributed by atoms with Crippen molar-refractivity contribution < 1.29 is 4.79 Å². The van der Waals surface area contributed by atoms with Crippen molar-refractivity contribution in [3.05, 3.63) is 36.5 Å². The van der Waals surface area contributed by atoms with Crippen LogP contribution in [0.15, 0.2) is 36.5 Å². The number of aryl methyl sites for hydroxylation is 1. The predicted molar refractivity (Wildman–Crippen MR) is 79.0 cm³/mol. The highest BCUT2D eigenvalue weighted by atomic mass is 16.2. The van der Waals surface area contributed by atoms with E-state index in [2.05, 4.69) is 46.4 Å². The topological polar surface area (TPSA) is 34.0 Å². The lowest BCUT2D eigenvalue weighted by molar-refractivity contribution is -0.128. The summed E-state index contributed by atoms with van der Waals surface area (Å²) in [7, 11) is 0. The lowest BCUT2D eigenvalue weighted by atomic mass is 9.96. The molecule has 0 atom stereocenters. The van der Waals surface area contributed by atoms with Crippen LogP contribution in [0.5, 0.6) is 0 Å². The van der Waals surface area contributed by atoms with Gasteiger partial charge in [0.1, 0.15) is 0 Å². The van der Waals surface area contributed by atoms with Crippen LogP contribution in [-0.4, -0.2) is 17.0 Å². The Kier molecular flexibility index (Phi) is 3.93. The van der Waals surface area contributed by atoms with Gasteiger partial charge in [-0.1, -0.05) is 39.0 Å². The molecular formula is C16H22N2O. The second kappa shape index (κ2) is 5.47. The van der Waals surface area contributed by atoms with E-state index < -0.39 is 0 Å². The van der Waals surface area contributed by atoms with Crippen LogP contribution in [0.1, 0.15) is 27.2 Å². The molecule has 1 heterocycles. The number of para-hydroxylation sites is 1. The Bertz CT molecular complexity index is 563. The van der Waals surface area contributed by atoms with Gasteiger partial charge in [-0.3, -0.25) is 4.79 Å². The molecule has 3 heteroatoms. The number of aromatic nitrogens is 1. The number of hydrogen-bond donors (Lipinski definition) is 1. The van der Waals surface area contributed by atoms with Gasteiger partial charge >= 0.3 is 0 Å². The van der Waals surface area contributed by atoms with Gasteiger partial charge in [0.2, 0.25) is 5.91 Å². The molecule has 3 nitrogen and oxygen atoms in total. The van der Waals surface area contributed by atoms with E-state index >= 15 is 0 Å². The first-order chi connectivity index (χ1) is 8.98. The first-order valence-electron chi connectivity index (χ1n) is 6.81. The second-order valence-corrected chi connectivity index (χ2v) is 5.93. The van der Waals surface area contributed by atoms with Crippen LogP contribution in [0.25, 0.3) is 10.9 Å². The normalized spacial score (nSPS) is 11.7. The number of hydrogen-bond acceptors (Lipinski definition) is 1. The van der Waals surface area contributed by atoms with Crippen molar-refractivity contribution in [1.82, 2.24) is 9.88 Å². The summed E-state index contributed by atoms with van der Waals surface area (Å²) in [5.41, 5.74) is 0.949. The summed E-state index contributed by atoms with van der Waals surface area (Å²) in [6.07, 6.45) is 3.05. The molecule has 2 rings (SSSR count). The maximum Gasteiger partial charge on any atom is 0.225 e. The molecule has 1 aromatic heterocycles. The maximum atomic E-state index is 11.7. The standard InChI is InChI=1S/C16H22N2O/c1-16(2,3)15(19)17-10-6-11-18-12-9-13-7-4-5-8-14(13)18/h4-5,7-9,12H,6,10-11H2,1-3H3,(H,17,19). The molecule has 2 aromatic rings. The minimum absolute atomic E-state index is 0.116. The fraction of sp³-hybridized carbons (Fsp3) is 0.438.